The smallest absolute Gasteiger partial charge is 0.127 e. The first-order valence-electron chi connectivity index (χ1n) is 7.26. The van der Waals surface area contributed by atoms with Gasteiger partial charge in [0, 0.05) is 22.5 Å². The Kier molecular flexibility index (Phi) is 5.38. The Morgan fingerprint density at radius 3 is 2.38 bits per heavy atom. The van der Waals surface area contributed by atoms with Crippen molar-refractivity contribution in [2.45, 2.75) is 25.2 Å². The molecule has 3 heteroatoms. The van der Waals surface area contributed by atoms with Crippen LogP contribution in [0.1, 0.15) is 24.5 Å². The van der Waals surface area contributed by atoms with Gasteiger partial charge in [-0.1, -0.05) is 54.9 Å². The first kappa shape index (κ1) is 16.0. The minimum absolute atomic E-state index is 0.165. The third-order valence-electron chi connectivity index (χ3n) is 4.15. The second-order valence-corrected chi connectivity index (χ2v) is 5.81. The van der Waals surface area contributed by atoms with Crippen LogP contribution in [0.5, 0.6) is 0 Å². The largest absolute Gasteiger partial charge is 0.319 e. The highest BCUT2D eigenvalue weighted by Gasteiger charge is 2.31. The van der Waals surface area contributed by atoms with Crippen molar-refractivity contribution >= 4 is 11.6 Å². The first-order valence-corrected chi connectivity index (χ1v) is 7.64. The molecule has 1 nitrogen and oxygen atoms in total. The molecule has 0 aliphatic heterocycles. The Balaban J connectivity index is 2.46. The van der Waals surface area contributed by atoms with Gasteiger partial charge in [-0.3, -0.25) is 0 Å². The first-order chi connectivity index (χ1) is 10.1. The molecule has 0 radical (unpaired) electrons. The second-order valence-electron chi connectivity index (χ2n) is 5.41. The molecule has 1 atom stereocenters. The van der Waals surface area contributed by atoms with Crippen molar-refractivity contribution in [1.82, 2.24) is 5.32 Å². The van der Waals surface area contributed by atoms with Crippen molar-refractivity contribution in [2.75, 3.05) is 13.6 Å². The summed E-state index contributed by atoms with van der Waals surface area (Å²) in [7, 11) is 1.93. The normalized spacial score (nSPS) is 13.9. The summed E-state index contributed by atoms with van der Waals surface area (Å²) in [6, 6.07) is 15.1. The van der Waals surface area contributed by atoms with Crippen molar-refractivity contribution in [3.8, 4) is 0 Å². The van der Waals surface area contributed by atoms with E-state index in [9.17, 15) is 4.39 Å². The molecule has 0 heterocycles. The molecule has 2 aromatic rings. The fraction of sp³-hybridized carbons (Fsp3) is 0.333. The third-order valence-corrected chi connectivity index (χ3v) is 4.51. The molecule has 0 amide bonds. The highest BCUT2D eigenvalue weighted by Crippen LogP contribution is 2.34. The van der Waals surface area contributed by atoms with Gasteiger partial charge in [-0.15, -0.1) is 0 Å². The fourth-order valence-electron chi connectivity index (χ4n) is 2.89. The molecule has 1 unspecified atom stereocenters. The topological polar surface area (TPSA) is 12.0 Å². The van der Waals surface area contributed by atoms with E-state index in [1.165, 1.54) is 11.6 Å². The maximum atomic E-state index is 14.2. The van der Waals surface area contributed by atoms with Gasteiger partial charge in [-0.2, -0.15) is 0 Å². The predicted octanol–water partition coefficient (Wildman–Crippen LogP) is 4.59. The van der Waals surface area contributed by atoms with Gasteiger partial charge in [0.05, 0.1) is 0 Å². The van der Waals surface area contributed by atoms with Crippen LogP contribution in [0.4, 0.5) is 4.39 Å². The number of halogens is 2. The number of benzene rings is 2. The third kappa shape index (κ3) is 3.45. The van der Waals surface area contributed by atoms with Crippen LogP contribution >= 0.6 is 11.6 Å². The number of hydrogen-bond donors (Lipinski definition) is 1. The molecule has 2 rings (SSSR count). The van der Waals surface area contributed by atoms with Crippen LogP contribution in [0.25, 0.3) is 0 Å². The zero-order valence-electron chi connectivity index (χ0n) is 12.5. The molecular weight excluding hydrogens is 285 g/mol. The zero-order chi connectivity index (χ0) is 15.3. The van der Waals surface area contributed by atoms with Gasteiger partial charge in [0.1, 0.15) is 5.82 Å². The molecule has 21 heavy (non-hydrogen) atoms. The quantitative estimate of drug-likeness (QED) is 0.823. The summed E-state index contributed by atoms with van der Waals surface area (Å²) in [5.41, 5.74) is 1.64. The Morgan fingerprint density at radius 2 is 1.81 bits per heavy atom. The summed E-state index contributed by atoms with van der Waals surface area (Å²) in [5, 5.41) is 3.75. The summed E-state index contributed by atoms with van der Waals surface area (Å²) in [5.74, 6) is -0.229. The lowest BCUT2D eigenvalue weighted by molar-refractivity contribution is 0.384. The number of nitrogens with one attached hydrogen (secondary N) is 1. The molecule has 0 saturated heterocycles. The van der Waals surface area contributed by atoms with Crippen LogP contribution in [0.2, 0.25) is 5.02 Å². The Labute approximate surface area is 131 Å². The van der Waals surface area contributed by atoms with E-state index in [2.05, 4.69) is 24.4 Å². The summed E-state index contributed by atoms with van der Waals surface area (Å²) in [4.78, 5) is 0. The molecule has 0 spiro atoms. The summed E-state index contributed by atoms with van der Waals surface area (Å²) < 4.78 is 14.2. The van der Waals surface area contributed by atoms with Gasteiger partial charge < -0.3 is 5.32 Å². The summed E-state index contributed by atoms with van der Waals surface area (Å²) in [6.07, 6.45) is 1.49. The molecule has 0 bridgehead atoms. The lowest BCUT2D eigenvalue weighted by Crippen LogP contribution is -2.38. The SMILES string of the molecule is CCC(CNC)(Cc1c(F)cccc1Cl)c1ccccc1. The number of likely N-dealkylation sites (N-methyl/N-ethyl adjacent to an activating group) is 1. The maximum absolute atomic E-state index is 14.2. The lowest BCUT2D eigenvalue weighted by atomic mass is 9.73. The fourth-order valence-corrected chi connectivity index (χ4v) is 3.12. The molecule has 2 aromatic carbocycles. The van der Waals surface area contributed by atoms with E-state index < -0.39 is 0 Å². The van der Waals surface area contributed by atoms with Crippen LogP contribution in [0, 0.1) is 5.82 Å². The lowest BCUT2D eigenvalue weighted by Gasteiger charge is -2.34. The van der Waals surface area contributed by atoms with Gasteiger partial charge in [0.2, 0.25) is 0 Å². The molecule has 0 aliphatic rings. The standard InChI is InChI=1S/C18H21ClFN/c1-3-18(13-21-2,14-8-5-4-6-9-14)12-15-16(19)10-7-11-17(15)20/h4-11,21H,3,12-13H2,1-2H3. The number of hydrogen-bond acceptors (Lipinski definition) is 1. The predicted molar refractivity (Wildman–Crippen MR) is 87.5 cm³/mol. The van der Waals surface area contributed by atoms with Gasteiger partial charge in [0.15, 0.2) is 0 Å². The van der Waals surface area contributed by atoms with Crippen LogP contribution in [0.15, 0.2) is 48.5 Å². The molecular formula is C18H21ClFN. The molecule has 0 fully saturated rings. The Morgan fingerprint density at radius 1 is 1.10 bits per heavy atom. The van der Waals surface area contributed by atoms with Gasteiger partial charge in [-0.05, 0) is 37.6 Å². The van der Waals surface area contributed by atoms with E-state index in [-0.39, 0.29) is 11.2 Å². The minimum atomic E-state index is -0.229. The monoisotopic (exact) mass is 305 g/mol. The molecule has 1 N–H and O–H groups in total. The highest BCUT2D eigenvalue weighted by molar-refractivity contribution is 6.31. The average molecular weight is 306 g/mol. The summed E-state index contributed by atoms with van der Waals surface area (Å²) >= 11 is 6.22. The van der Waals surface area contributed by atoms with E-state index in [1.807, 2.05) is 25.2 Å². The van der Waals surface area contributed by atoms with Gasteiger partial charge in [-0.25, -0.2) is 4.39 Å². The van der Waals surface area contributed by atoms with E-state index in [0.717, 1.165) is 13.0 Å². The van der Waals surface area contributed by atoms with Crippen molar-refractivity contribution < 1.29 is 4.39 Å². The van der Waals surface area contributed by atoms with E-state index in [4.69, 9.17) is 11.6 Å². The van der Waals surface area contributed by atoms with Crippen molar-refractivity contribution in [1.29, 1.82) is 0 Å². The van der Waals surface area contributed by atoms with Crippen LogP contribution in [0.3, 0.4) is 0 Å². The molecule has 112 valence electrons. The minimum Gasteiger partial charge on any atom is -0.319 e. The average Bonchev–Trinajstić information content (AvgIpc) is 2.51. The molecule has 0 saturated carbocycles. The van der Waals surface area contributed by atoms with E-state index >= 15 is 0 Å². The molecule has 0 aromatic heterocycles. The number of rotatable bonds is 6. The van der Waals surface area contributed by atoms with Crippen molar-refractivity contribution in [3.63, 3.8) is 0 Å². The highest BCUT2D eigenvalue weighted by atomic mass is 35.5. The van der Waals surface area contributed by atoms with E-state index in [0.29, 0.717) is 17.0 Å². The summed E-state index contributed by atoms with van der Waals surface area (Å²) in [6.45, 7) is 2.91. The maximum Gasteiger partial charge on any atom is 0.127 e. The Bertz CT molecular complexity index is 565. The Hall–Kier alpha value is -1.38. The van der Waals surface area contributed by atoms with Gasteiger partial charge >= 0.3 is 0 Å². The van der Waals surface area contributed by atoms with Crippen molar-refractivity contribution in [2.24, 2.45) is 0 Å². The van der Waals surface area contributed by atoms with E-state index in [1.54, 1.807) is 12.1 Å². The van der Waals surface area contributed by atoms with Crippen LogP contribution < -0.4 is 5.32 Å². The second kappa shape index (κ2) is 7.06. The zero-order valence-corrected chi connectivity index (χ0v) is 13.3. The van der Waals surface area contributed by atoms with Gasteiger partial charge in [0.25, 0.3) is 0 Å². The molecule has 0 aliphatic carbocycles. The van der Waals surface area contributed by atoms with Crippen molar-refractivity contribution in [3.05, 3.63) is 70.5 Å². The van der Waals surface area contributed by atoms with Crippen LogP contribution in [-0.2, 0) is 11.8 Å². The van der Waals surface area contributed by atoms with Crippen LogP contribution in [-0.4, -0.2) is 13.6 Å².